The van der Waals surface area contributed by atoms with Gasteiger partial charge in [-0.2, -0.15) is 0 Å². The van der Waals surface area contributed by atoms with Crippen LogP contribution in [0, 0.1) is 0 Å². The Balaban J connectivity index is 1.22. The molecular weight excluding hydrogens is 488 g/mol. The van der Waals surface area contributed by atoms with E-state index in [2.05, 4.69) is 21.3 Å². The molecule has 0 radical (unpaired) electrons. The van der Waals surface area contributed by atoms with Crippen LogP contribution in [-0.4, -0.2) is 24.3 Å². The van der Waals surface area contributed by atoms with E-state index in [0.29, 0.717) is 35.5 Å². The molecule has 0 aliphatic heterocycles. The molecule has 0 saturated carbocycles. The van der Waals surface area contributed by atoms with E-state index in [0.717, 1.165) is 11.1 Å². The fourth-order valence-corrected chi connectivity index (χ4v) is 4.03. The number of carbonyl (C=O) groups is 3. The van der Waals surface area contributed by atoms with Gasteiger partial charge in [-0.15, -0.1) is 0 Å². The second-order valence-corrected chi connectivity index (χ2v) is 9.20. The Morgan fingerprint density at radius 1 is 0.667 bits per heavy atom. The zero-order valence-corrected chi connectivity index (χ0v) is 21.8. The van der Waals surface area contributed by atoms with E-state index in [4.69, 9.17) is 0 Å². The minimum Gasteiger partial charge on any atom is -0.376 e. The van der Waals surface area contributed by atoms with Crippen molar-refractivity contribution in [1.82, 2.24) is 5.32 Å². The number of rotatable bonds is 11. The topological polar surface area (TPSA) is 99.3 Å². The summed E-state index contributed by atoms with van der Waals surface area (Å²) in [6, 6.07) is 33.5. The molecule has 198 valence electrons. The summed E-state index contributed by atoms with van der Waals surface area (Å²) >= 11 is 0. The van der Waals surface area contributed by atoms with E-state index < -0.39 is 0 Å². The molecule has 4 N–H and O–H groups in total. The Hall–Kier alpha value is -4.91. The predicted molar refractivity (Wildman–Crippen MR) is 156 cm³/mol. The Morgan fingerprint density at radius 3 is 2.03 bits per heavy atom. The first-order valence-corrected chi connectivity index (χ1v) is 12.9. The quantitative estimate of drug-likeness (QED) is 0.201. The lowest BCUT2D eigenvalue weighted by Crippen LogP contribution is -2.26. The van der Waals surface area contributed by atoms with Crippen molar-refractivity contribution >= 4 is 34.8 Å². The van der Waals surface area contributed by atoms with Gasteiger partial charge < -0.3 is 21.3 Å². The molecule has 0 heterocycles. The second kappa shape index (κ2) is 13.6. The molecule has 7 nitrogen and oxygen atoms in total. The standard InChI is InChI=1S/C32H32N4O3/c1-23(25-11-6-3-7-12-25)34-32(39)26-16-18-27(19-17-26)35-31(38)22-33-28-13-8-14-29(21-28)36-30(37)20-15-24-9-4-2-5-10-24/h2-14,16-19,21,23,33H,15,20,22H2,1H3,(H,34,39)(H,35,38)(H,36,37). The van der Waals surface area contributed by atoms with Gasteiger partial charge in [0.2, 0.25) is 11.8 Å². The molecule has 3 amide bonds. The van der Waals surface area contributed by atoms with Crippen molar-refractivity contribution in [3.8, 4) is 0 Å². The molecule has 1 unspecified atom stereocenters. The van der Waals surface area contributed by atoms with Gasteiger partial charge in [0.1, 0.15) is 0 Å². The highest BCUT2D eigenvalue weighted by atomic mass is 16.2. The van der Waals surface area contributed by atoms with E-state index in [1.165, 1.54) is 0 Å². The van der Waals surface area contributed by atoms with Crippen LogP contribution in [0.25, 0.3) is 0 Å². The zero-order chi connectivity index (χ0) is 27.5. The van der Waals surface area contributed by atoms with E-state index in [-0.39, 0.29) is 30.3 Å². The molecule has 1 atom stereocenters. The average Bonchev–Trinajstić information content (AvgIpc) is 2.96. The van der Waals surface area contributed by atoms with Crippen LogP contribution in [0.3, 0.4) is 0 Å². The van der Waals surface area contributed by atoms with Crippen molar-refractivity contribution in [1.29, 1.82) is 0 Å². The highest BCUT2D eigenvalue weighted by Gasteiger charge is 2.12. The Morgan fingerprint density at radius 2 is 1.31 bits per heavy atom. The lowest BCUT2D eigenvalue weighted by molar-refractivity contribution is -0.116. The first-order valence-electron chi connectivity index (χ1n) is 12.9. The number of carbonyl (C=O) groups excluding carboxylic acids is 3. The van der Waals surface area contributed by atoms with Crippen LogP contribution in [0.5, 0.6) is 0 Å². The monoisotopic (exact) mass is 520 g/mol. The summed E-state index contributed by atoms with van der Waals surface area (Å²) in [5.74, 6) is -0.486. The summed E-state index contributed by atoms with van der Waals surface area (Å²) < 4.78 is 0. The summed E-state index contributed by atoms with van der Waals surface area (Å²) in [4.78, 5) is 37.4. The fraction of sp³-hybridized carbons (Fsp3) is 0.156. The molecule has 0 aliphatic carbocycles. The van der Waals surface area contributed by atoms with Gasteiger partial charge in [-0.05, 0) is 66.9 Å². The number of anilines is 3. The minimum absolute atomic E-state index is 0.0439. The predicted octanol–water partition coefficient (Wildman–Crippen LogP) is 5.80. The van der Waals surface area contributed by atoms with Gasteiger partial charge in [-0.3, -0.25) is 14.4 Å². The summed E-state index contributed by atoms with van der Waals surface area (Å²) in [6.07, 6.45) is 1.06. The molecule has 0 aromatic heterocycles. The van der Waals surface area contributed by atoms with E-state index in [9.17, 15) is 14.4 Å². The third-order valence-electron chi connectivity index (χ3n) is 6.16. The highest BCUT2D eigenvalue weighted by molar-refractivity contribution is 5.97. The summed E-state index contributed by atoms with van der Waals surface area (Å²) in [5.41, 5.74) is 4.62. The third-order valence-corrected chi connectivity index (χ3v) is 6.16. The molecule has 0 fully saturated rings. The number of nitrogens with one attached hydrogen (secondary N) is 4. The van der Waals surface area contributed by atoms with Crippen LogP contribution in [0.1, 0.15) is 40.9 Å². The molecule has 4 aromatic rings. The number of hydrogen-bond donors (Lipinski definition) is 4. The number of amides is 3. The molecule has 0 bridgehead atoms. The maximum Gasteiger partial charge on any atom is 0.251 e. The second-order valence-electron chi connectivity index (χ2n) is 9.20. The summed E-state index contributed by atoms with van der Waals surface area (Å²) in [6.45, 7) is 1.98. The number of hydrogen-bond acceptors (Lipinski definition) is 4. The Labute approximate surface area is 228 Å². The Kier molecular flexibility index (Phi) is 9.45. The minimum atomic E-state index is -0.234. The van der Waals surface area contributed by atoms with Gasteiger partial charge in [0.25, 0.3) is 5.91 Å². The molecule has 39 heavy (non-hydrogen) atoms. The molecule has 0 aliphatic rings. The van der Waals surface area contributed by atoms with Gasteiger partial charge in [0.15, 0.2) is 0 Å². The van der Waals surface area contributed by atoms with Crippen molar-refractivity contribution in [2.75, 3.05) is 22.5 Å². The summed E-state index contributed by atoms with van der Waals surface area (Å²) in [5, 5.41) is 11.8. The molecule has 4 rings (SSSR count). The average molecular weight is 521 g/mol. The third kappa shape index (κ3) is 8.57. The molecule has 0 saturated heterocycles. The lowest BCUT2D eigenvalue weighted by Gasteiger charge is -2.14. The van der Waals surface area contributed by atoms with Crippen LogP contribution < -0.4 is 21.3 Å². The normalized spacial score (nSPS) is 11.2. The lowest BCUT2D eigenvalue weighted by atomic mass is 10.1. The van der Waals surface area contributed by atoms with Gasteiger partial charge in [0.05, 0.1) is 12.6 Å². The van der Waals surface area contributed by atoms with E-state index in [1.54, 1.807) is 30.3 Å². The molecule has 7 heteroatoms. The van der Waals surface area contributed by atoms with Crippen LogP contribution in [0.15, 0.2) is 109 Å². The van der Waals surface area contributed by atoms with Gasteiger partial charge in [-0.1, -0.05) is 66.7 Å². The van der Waals surface area contributed by atoms with Crippen molar-refractivity contribution in [2.24, 2.45) is 0 Å². The van der Waals surface area contributed by atoms with E-state index in [1.807, 2.05) is 85.8 Å². The zero-order valence-electron chi connectivity index (χ0n) is 21.8. The van der Waals surface area contributed by atoms with Crippen LogP contribution in [-0.2, 0) is 16.0 Å². The maximum atomic E-state index is 12.6. The molecule has 0 spiro atoms. The smallest absolute Gasteiger partial charge is 0.251 e. The van der Waals surface area contributed by atoms with Crippen LogP contribution in [0.4, 0.5) is 17.1 Å². The summed E-state index contributed by atoms with van der Waals surface area (Å²) in [7, 11) is 0. The van der Waals surface area contributed by atoms with Crippen molar-refractivity contribution < 1.29 is 14.4 Å². The number of benzene rings is 4. The first kappa shape index (κ1) is 27.1. The highest BCUT2D eigenvalue weighted by Crippen LogP contribution is 2.17. The Bertz CT molecular complexity index is 1390. The largest absolute Gasteiger partial charge is 0.376 e. The van der Waals surface area contributed by atoms with Crippen LogP contribution in [0.2, 0.25) is 0 Å². The maximum absolute atomic E-state index is 12.6. The van der Waals surface area contributed by atoms with Crippen molar-refractivity contribution in [2.45, 2.75) is 25.8 Å². The van der Waals surface area contributed by atoms with Crippen molar-refractivity contribution in [3.63, 3.8) is 0 Å². The van der Waals surface area contributed by atoms with Gasteiger partial charge >= 0.3 is 0 Å². The SMILES string of the molecule is CC(NC(=O)c1ccc(NC(=O)CNc2cccc(NC(=O)CCc3ccccc3)c2)cc1)c1ccccc1. The molecule has 4 aromatic carbocycles. The van der Waals surface area contributed by atoms with Crippen molar-refractivity contribution in [3.05, 3.63) is 126 Å². The number of aryl methyl sites for hydroxylation is 1. The van der Waals surface area contributed by atoms with E-state index >= 15 is 0 Å². The molecular formula is C32H32N4O3. The first-order chi connectivity index (χ1) is 19.0. The van der Waals surface area contributed by atoms with Gasteiger partial charge in [0, 0.05) is 29.0 Å². The van der Waals surface area contributed by atoms with Crippen LogP contribution >= 0.6 is 0 Å². The van der Waals surface area contributed by atoms with Gasteiger partial charge in [-0.25, -0.2) is 0 Å². The fourth-order valence-electron chi connectivity index (χ4n) is 4.03.